The van der Waals surface area contributed by atoms with E-state index in [4.69, 9.17) is 4.74 Å². The lowest BCUT2D eigenvalue weighted by molar-refractivity contribution is -0.156. The molecule has 2 aromatic rings. The van der Waals surface area contributed by atoms with E-state index >= 15 is 0 Å². The predicted octanol–water partition coefficient (Wildman–Crippen LogP) is 3.99. The average Bonchev–Trinajstić information content (AvgIpc) is 2.78. The summed E-state index contributed by atoms with van der Waals surface area (Å²) < 4.78 is 5.74. The van der Waals surface area contributed by atoms with Crippen LogP contribution >= 0.6 is 0 Å². The normalized spacial score (nSPS) is 17.6. The van der Waals surface area contributed by atoms with E-state index in [1.54, 1.807) is 0 Å². The molecule has 1 fully saturated rings. The lowest BCUT2D eigenvalue weighted by Crippen LogP contribution is -2.48. The van der Waals surface area contributed by atoms with Gasteiger partial charge in [0.05, 0.1) is 0 Å². The monoisotopic (exact) mass is 427 g/mol. The molecule has 4 N–H and O–H groups in total. The second-order valence-electron chi connectivity index (χ2n) is 8.46. The van der Waals surface area contributed by atoms with Crippen molar-refractivity contribution in [3.05, 3.63) is 59.7 Å². The molecule has 2 unspecified atom stereocenters. The number of aryl methyl sites for hydroxylation is 1. The Kier molecular flexibility index (Phi) is 8.32. The predicted molar refractivity (Wildman–Crippen MR) is 119 cm³/mol. The van der Waals surface area contributed by atoms with E-state index in [1.807, 2.05) is 25.1 Å². The topological polar surface area (TPSA) is 99.0 Å². The fourth-order valence-corrected chi connectivity index (χ4v) is 4.04. The van der Waals surface area contributed by atoms with Gasteiger partial charge in [0.15, 0.2) is 11.5 Å². The number of ether oxygens (including phenoxy) is 1. The number of phenolic OH excluding ortho intramolecular Hbond substituents is 2. The third-order valence-electron chi connectivity index (χ3n) is 5.92. The summed E-state index contributed by atoms with van der Waals surface area (Å²) in [7, 11) is 0. The Morgan fingerprint density at radius 2 is 1.77 bits per heavy atom. The first-order valence-corrected chi connectivity index (χ1v) is 11.1. The first kappa shape index (κ1) is 23.1. The molecular weight excluding hydrogens is 394 g/mol. The Hall–Kier alpha value is -2.57. The molecule has 1 aliphatic carbocycles. The molecule has 0 aromatic heterocycles. The van der Waals surface area contributed by atoms with Crippen molar-refractivity contribution < 1.29 is 24.9 Å². The maximum Gasteiger partial charge on any atom is 0.326 e. The summed E-state index contributed by atoms with van der Waals surface area (Å²) >= 11 is 0. The average molecular weight is 428 g/mol. The summed E-state index contributed by atoms with van der Waals surface area (Å²) in [5.41, 5.74) is 1.55. The Labute approximate surface area is 183 Å². The largest absolute Gasteiger partial charge is 0.504 e. The van der Waals surface area contributed by atoms with E-state index in [1.165, 1.54) is 23.8 Å². The van der Waals surface area contributed by atoms with Crippen molar-refractivity contribution in [2.75, 3.05) is 0 Å². The molecule has 0 heterocycles. The minimum absolute atomic E-state index is 0.0514. The van der Waals surface area contributed by atoms with Crippen LogP contribution in [-0.4, -0.2) is 39.5 Å². The lowest BCUT2D eigenvalue weighted by Gasteiger charge is -2.29. The number of hydrogen-bond acceptors (Lipinski definition) is 6. The van der Waals surface area contributed by atoms with E-state index in [-0.39, 0.29) is 23.6 Å². The van der Waals surface area contributed by atoms with Crippen LogP contribution in [0.3, 0.4) is 0 Å². The molecule has 0 bridgehead atoms. The van der Waals surface area contributed by atoms with E-state index in [2.05, 4.69) is 17.4 Å². The van der Waals surface area contributed by atoms with Gasteiger partial charge in [0.2, 0.25) is 0 Å². The van der Waals surface area contributed by atoms with Gasteiger partial charge in [-0.15, -0.1) is 0 Å². The first-order chi connectivity index (χ1) is 14.9. The molecule has 0 aliphatic heterocycles. The van der Waals surface area contributed by atoms with Crippen molar-refractivity contribution in [1.29, 1.82) is 0 Å². The third-order valence-corrected chi connectivity index (χ3v) is 5.92. The highest BCUT2D eigenvalue weighted by atomic mass is 16.5. The van der Waals surface area contributed by atoms with Gasteiger partial charge in [-0.2, -0.15) is 0 Å². The zero-order valence-corrected chi connectivity index (χ0v) is 18.0. The number of phenols is 2. The van der Waals surface area contributed by atoms with Gasteiger partial charge < -0.3 is 20.1 Å². The smallest absolute Gasteiger partial charge is 0.326 e. The van der Waals surface area contributed by atoms with Crippen LogP contribution in [0.15, 0.2) is 48.5 Å². The third kappa shape index (κ3) is 6.71. The molecular formula is C25H33NO5. The number of aromatic hydroxyl groups is 2. The number of esters is 1. The van der Waals surface area contributed by atoms with Crippen LogP contribution in [0.25, 0.3) is 0 Å². The standard InChI is InChI=1S/C25H33NO5/c1-17(12-13-18-8-4-2-5-9-18)26-23(25(30)31-20-10-6-3-7-11-20)24(29)19-14-15-21(27)22(28)16-19/h2,4-5,8-9,14-17,20,23-24,26-29H,3,6-7,10-13H2,1H3/t17?,23-,24?/m0/s1. The number of rotatable bonds is 9. The summed E-state index contributed by atoms with van der Waals surface area (Å²) in [6.07, 6.45) is 5.21. The molecule has 3 atom stereocenters. The van der Waals surface area contributed by atoms with E-state index in [9.17, 15) is 20.1 Å². The Bertz CT molecular complexity index is 835. The number of carbonyl (C=O) groups excluding carboxylic acids is 1. The van der Waals surface area contributed by atoms with Gasteiger partial charge in [-0.1, -0.05) is 42.8 Å². The molecule has 0 amide bonds. The second-order valence-corrected chi connectivity index (χ2v) is 8.46. The van der Waals surface area contributed by atoms with Crippen molar-refractivity contribution in [2.45, 2.75) is 76.2 Å². The molecule has 3 rings (SSSR count). The number of nitrogens with one attached hydrogen (secondary N) is 1. The van der Waals surface area contributed by atoms with Gasteiger partial charge in [0, 0.05) is 6.04 Å². The number of aliphatic hydroxyl groups is 1. The number of aliphatic hydroxyl groups excluding tert-OH is 1. The van der Waals surface area contributed by atoms with Crippen molar-refractivity contribution in [3.63, 3.8) is 0 Å². The first-order valence-electron chi connectivity index (χ1n) is 11.1. The maximum absolute atomic E-state index is 13.0. The number of carbonyl (C=O) groups is 1. The van der Waals surface area contributed by atoms with Crippen LogP contribution in [0, 0.1) is 0 Å². The highest BCUT2D eigenvalue weighted by molar-refractivity contribution is 5.77. The molecule has 2 aromatic carbocycles. The van der Waals surface area contributed by atoms with Gasteiger partial charge in [-0.05, 0) is 68.7 Å². The van der Waals surface area contributed by atoms with E-state index in [0.29, 0.717) is 5.56 Å². The van der Waals surface area contributed by atoms with Gasteiger partial charge in [-0.3, -0.25) is 10.1 Å². The SMILES string of the molecule is CC(CCc1ccccc1)N[C@H](C(=O)OC1CCCCC1)C(O)c1ccc(O)c(O)c1. The molecule has 6 heteroatoms. The highest BCUT2D eigenvalue weighted by Gasteiger charge is 2.33. The lowest BCUT2D eigenvalue weighted by atomic mass is 9.97. The Balaban J connectivity index is 1.70. The van der Waals surface area contributed by atoms with Gasteiger partial charge >= 0.3 is 5.97 Å². The molecule has 0 spiro atoms. The van der Waals surface area contributed by atoms with E-state index < -0.39 is 18.1 Å². The van der Waals surface area contributed by atoms with Gasteiger partial charge in [0.25, 0.3) is 0 Å². The zero-order chi connectivity index (χ0) is 22.2. The molecule has 0 radical (unpaired) electrons. The van der Waals surface area contributed by atoms with Crippen LogP contribution in [-0.2, 0) is 16.0 Å². The molecule has 1 saturated carbocycles. The molecule has 31 heavy (non-hydrogen) atoms. The van der Waals surface area contributed by atoms with Gasteiger partial charge in [0.1, 0.15) is 18.2 Å². The maximum atomic E-state index is 13.0. The van der Waals surface area contributed by atoms with Crippen LogP contribution in [0.5, 0.6) is 11.5 Å². The Morgan fingerprint density at radius 3 is 2.45 bits per heavy atom. The van der Waals surface area contributed by atoms with Gasteiger partial charge in [-0.25, -0.2) is 0 Å². The summed E-state index contributed by atoms with van der Waals surface area (Å²) in [6, 6.07) is 13.2. The molecule has 6 nitrogen and oxygen atoms in total. The summed E-state index contributed by atoms with van der Waals surface area (Å²) in [5, 5.41) is 33.6. The highest BCUT2D eigenvalue weighted by Crippen LogP contribution is 2.30. The van der Waals surface area contributed by atoms with Crippen molar-refractivity contribution in [1.82, 2.24) is 5.32 Å². The number of hydrogen-bond donors (Lipinski definition) is 4. The van der Waals surface area contributed by atoms with E-state index in [0.717, 1.165) is 44.9 Å². The zero-order valence-electron chi connectivity index (χ0n) is 18.0. The van der Waals surface area contributed by atoms with Crippen molar-refractivity contribution in [2.24, 2.45) is 0 Å². The summed E-state index contributed by atoms with van der Waals surface area (Å²) in [4.78, 5) is 13.0. The van der Waals surface area contributed by atoms with Crippen molar-refractivity contribution >= 4 is 5.97 Å². The molecule has 0 saturated heterocycles. The Morgan fingerprint density at radius 1 is 1.06 bits per heavy atom. The quantitative estimate of drug-likeness (QED) is 0.357. The minimum atomic E-state index is -1.22. The van der Waals surface area contributed by atoms with Crippen molar-refractivity contribution in [3.8, 4) is 11.5 Å². The van der Waals surface area contributed by atoms with Crippen LogP contribution in [0.1, 0.15) is 62.7 Å². The summed E-state index contributed by atoms with van der Waals surface area (Å²) in [6.45, 7) is 1.98. The molecule has 168 valence electrons. The summed E-state index contributed by atoms with van der Waals surface area (Å²) in [5.74, 6) is -1.10. The number of benzene rings is 2. The fourth-order valence-electron chi connectivity index (χ4n) is 4.04. The second kappa shape index (κ2) is 11.2. The van der Waals surface area contributed by atoms with Crippen LogP contribution in [0.4, 0.5) is 0 Å². The van der Waals surface area contributed by atoms with Crippen LogP contribution in [0.2, 0.25) is 0 Å². The molecule has 1 aliphatic rings. The van der Waals surface area contributed by atoms with Crippen LogP contribution < -0.4 is 5.32 Å². The minimum Gasteiger partial charge on any atom is -0.504 e. The fraction of sp³-hybridized carbons (Fsp3) is 0.480.